The van der Waals surface area contributed by atoms with Crippen molar-refractivity contribution in [3.8, 4) is 5.75 Å². The fraction of sp³-hybridized carbons (Fsp3) is 0.625. The van der Waals surface area contributed by atoms with E-state index < -0.39 is 24.0 Å². The molecule has 1 aliphatic heterocycles. The van der Waals surface area contributed by atoms with Crippen LogP contribution in [0.5, 0.6) is 5.75 Å². The number of carboxylic acid groups (broad SMARTS) is 1. The lowest BCUT2D eigenvalue weighted by Gasteiger charge is -2.31. The highest BCUT2D eigenvalue weighted by molar-refractivity contribution is 5.90. The Kier molecular flexibility index (Phi) is 8.74. The van der Waals surface area contributed by atoms with E-state index >= 15 is 0 Å². The fourth-order valence-corrected chi connectivity index (χ4v) is 4.50. The molecule has 2 amide bonds. The predicted molar refractivity (Wildman–Crippen MR) is 117 cm³/mol. The minimum absolute atomic E-state index is 0.0472. The molecule has 2 aliphatic rings. The summed E-state index contributed by atoms with van der Waals surface area (Å²) >= 11 is 0. The molecule has 3 rings (SSSR count). The van der Waals surface area contributed by atoms with Gasteiger partial charge in [0.15, 0.2) is 0 Å². The number of carboxylic acids is 1. The van der Waals surface area contributed by atoms with Crippen LogP contribution in [0, 0.1) is 5.92 Å². The van der Waals surface area contributed by atoms with E-state index in [4.69, 9.17) is 4.74 Å². The Hall–Kier alpha value is -2.57. The van der Waals surface area contributed by atoms with Crippen LogP contribution in [0.25, 0.3) is 0 Å². The van der Waals surface area contributed by atoms with E-state index in [9.17, 15) is 19.5 Å². The third kappa shape index (κ3) is 7.26. The van der Waals surface area contributed by atoms with Crippen molar-refractivity contribution in [1.82, 2.24) is 10.6 Å². The summed E-state index contributed by atoms with van der Waals surface area (Å²) < 4.78 is 5.79. The Morgan fingerprint density at radius 2 is 1.71 bits per heavy atom. The molecule has 3 N–H and O–H groups in total. The van der Waals surface area contributed by atoms with Crippen molar-refractivity contribution in [1.29, 1.82) is 0 Å². The van der Waals surface area contributed by atoms with Crippen LogP contribution in [-0.2, 0) is 20.8 Å². The average Bonchev–Trinajstić information content (AvgIpc) is 2.76. The molecule has 2 bridgehead atoms. The highest BCUT2D eigenvalue weighted by atomic mass is 16.5. The molecule has 1 saturated carbocycles. The summed E-state index contributed by atoms with van der Waals surface area (Å²) in [6.45, 7) is 0.582. The molecule has 0 aromatic heterocycles. The number of hydrogen-bond acceptors (Lipinski definition) is 4. The topological polar surface area (TPSA) is 105 Å². The highest BCUT2D eigenvalue weighted by Gasteiger charge is 2.33. The number of amides is 2. The number of hydrogen-bond donors (Lipinski definition) is 3. The smallest absolute Gasteiger partial charge is 0.326 e. The lowest BCUT2D eigenvalue weighted by molar-refractivity contribution is -0.142. The maximum absolute atomic E-state index is 13.1. The van der Waals surface area contributed by atoms with Gasteiger partial charge in [0.25, 0.3) is 0 Å². The van der Waals surface area contributed by atoms with Crippen LogP contribution >= 0.6 is 0 Å². The van der Waals surface area contributed by atoms with Gasteiger partial charge in [0.2, 0.25) is 11.8 Å². The van der Waals surface area contributed by atoms with Gasteiger partial charge >= 0.3 is 5.97 Å². The number of rotatable bonds is 2. The summed E-state index contributed by atoms with van der Waals surface area (Å²) in [7, 11) is 0. The largest absolute Gasteiger partial charge is 0.494 e. The van der Waals surface area contributed by atoms with E-state index in [0.29, 0.717) is 18.8 Å². The molecule has 1 aromatic carbocycles. The van der Waals surface area contributed by atoms with E-state index in [1.165, 1.54) is 0 Å². The van der Waals surface area contributed by atoms with Crippen molar-refractivity contribution in [3.05, 3.63) is 29.8 Å². The molecule has 170 valence electrons. The van der Waals surface area contributed by atoms with Crippen molar-refractivity contribution >= 4 is 17.8 Å². The molecule has 1 aliphatic carbocycles. The Bertz CT molecular complexity index is 760. The van der Waals surface area contributed by atoms with Crippen molar-refractivity contribution in [3.63, 3.8) is 0 Å². The van der Waals surface area contributed by atoms with Gasteiger partial charge in [-0.15, -0.1) is 0 Å². The lowest BCUT2D eigenvalue weighted by Crippen LogP contribution is -2.55. The van der Waals surface area contributed by atoms with Crippen LogP contribution in [-0.4, -0.2) is 41.6 Å². The summed E-state index contributed by atoms with van der Waals surface area (Å²) in [6.07, 6.45) is 9.02. The zero-order chi connectivity index (χ0) is 22.1. The van der Waals surface area contributed by atoms with E-state index in [-0.39, 0.29) is 18.2 Å². The third-order valence-corrected chi connectivity index (χ3v) is 6.24. The zero-order valence-corrected chi connectivity index (χ0v) is 18.1. The third-order valence-electron chi connectivity index (χ3n) is 6.24. The highest BCUT2D eigenvalue weighted by Crippen LogP contribution is 2.27. The number of ether oxygens (including phenoxy) is 1. The number of aliphatic carboxylic acids is 1. The Morgan fingerprint density at radius 1 is 0.968 bits per heavy atom. The molecule has 7 heteroatoms. The molecular formula is C24H34N2O5. The molecule has 7 nitrogen and oxygen atoms in total. The minimum atomic E-state index is -1.09. The molecule has 0 saturated heterocycles. The molecule has 1 unspecified atom stereocenters. The Balaban J connectivity index is 1.80. The van der Waals surface area contributed by atoms with Gasteiger partial charge in [-0.05, 0) is 49.3 Å². The monoisotopic (exact) mass is 430 g/mol. The Morgan fingerprint density at radius 3 is 2.48 bits per heavy atom. The second-order valence-electron chi connectivity index (χ2n) is 8.71. The first-order chi connectivity index (χ1) is 15.0. The maximum Gasteiger partial charge on any atom is 0.326 e. The van der Waals surface area contributed by atoms with Crippen LogP contribution in [0.4, 0.5) is 0 Å². The van der Waals surface area contributed by atoms with Gasteiger partial charge in [0.1, 0.15) is 17.8 Å². The van der Waals surface area contributed by atoms with Crippen molar-refractivity contribution in [2.45, 2.75) is 82.7 Å². The van der Waals surface area contributed by atoms with E-state index in [2.05, 4.69) is 10.6 Å². The van der Waals surface area contributed by atoms with Crippen LogP contribution in [0.3, 0.4) is 0 Å². The average molecular weight is 431 g/mol. The summed E-state index contributed by atoms with van der Waals surface area (Å²) in [5, 5.41) is 15.3. The normalized spacial score (nSPS) is 24.9. The first-order valence-corrected chi connectivity index (χ1v) is 11.6. The summed E-state index contributed by atoms with van der Waals surface area (Å²) in [6, 6.07) is 5.61. The quantitative estimate of drug-likeness (QED) is 0.668. The first kappa shape index (κ1) is 23.1. The van der Waals surface area contributed by atoms with Gasteiger partial charge in [0, 0.05) is 12.8 Å². The van der Waals surface area contributed by atoms with Crippen LogP contribution in [0.1, 0.15) is 69.8 Å². The molecule has 1 heterocycles. The number of nitrogens with one attached hydrogen (secondary N) is 2. The number of carbonyl (C=O) groups is 3. The second kappa shape index (κ2) is 11.7. The Labute approximate surface area is 183 Å². The van der Waals surface area contributed by atoms with Gasteiger partial charge in [-0.1, -0.05) is 44.2 Å². The molecule has 0 radical (unpaired) electrons. The van der Waals surface area contributed by atoms with Gasteiger partial charge in [0.05, 0.1) is 6.61 Å². The summed E-state index contributed by atoms with van der Waals surface area (Å²) in [5.41, 5.74) is 0.785. The van der Waals surface area contributed by atoms with Crippen molar-refractivity contribution in [2.24, 2.45) is 5.92 Å². The predicted octanol–water partition coefficient (Wildman–Crippen LogP) is 3.21. The van der Waals surface area contributed by atoms with E-state index in [1.807, 2.05) is 24.3 Å². The van der Waals surface area contributed by atoms with Gasteiger partial charge in [-0.3, -0.25) is 9.59 Å². The standard InChI is InChI=1S/C24H34N2O5/c27-21-13-6-1-2-7-14-31-19-12-8-9-17(15-19)16-20(24(29)30)25-23(28)22(26-21)18-10-4-3-5-11-18/h8-9,12,15,18,20,22H,1-7,10-11,13-14,16H2,(H,25,28)(H,26,27)(H,29,30)/t20?,22-/m0/s1. The van der Waals surface area contributed by atoms with Gasteiger partial charge in [-0.25, -0.2) is 4.79 Å². The molecule has 1 aromatic rings. The number of carbonyl (C=O) groups excluding carboxylic acids is 2. The van der Waals surface area contributed by atoms with Crippen LogP contribution in [0.15, 0.2) is 24.3 Å². The van der Waals surface area contributed by atoms with Crippen LogP contribution in [0.2, 0.25) is 0 Å². The molecule has 2 atom stereocenters. The maximum atomic E-state index is 13.1. The van der Waals surface area contributed by atoms with Gasteiger partial charge in [-0.2, -0.15) is 0 Å². The van der Waals surface area contributed by atoms with Crippen molar-refractivity contribution in [2.75, 3.05) is 6.61 Å². The number of benzene rings is 1. The van der Waals surface area contributed by atoms with Gasteiger partial charge < -0.3 is 20.5 Å². The van der Waals surface area contributed by atoms with E-state index in [0.717, 1.165) is 63.4 Å². The second-order valence-corrected chi connectivity index (χ2v) is 8.71. The summed E-state index contributed by atoms with van der Waals surface area (Å²) in [4.78, 5) is 37.6. The molecule has 31 heavy (non-hydrogen) atoms. The zero-order valence-electron chi connectivity index (χ0n) is 18.1. The molecule has 1 fully saturated rings. The van der Waals surface area contributed by atoms with E-state index in [1.54, 1.807) is 0 Å². The summed E-state index contributed by atoms with van der Waals surface area (Å²) in [5.74, 6) is -0.874. The first-order valence-electron chi connectivity index (χ1n) is 11.6. The molecular weight excluding hydrogens is 396 g/mol. The molecule has 0 spiro atoms. The number of fused-ring (bicyclic) bond motifs is 2. The fourth-order valence-electron chi connectivity index (χ4n) is 4.50. The SMILES string of the molecule is O=C1CCCCCCOc2cccc(c2)CC(C(=O)O)NC(=O)[C@H](C2CCCCC2)N1. The lowest BCUT2D eigenvalue weighted by atomic mass is 9.83. The van der Waals surface area contributed by atoms with Crippen LogP contribution < -0.4 is 15.4 Å². The minimum Gasteiger partial charge on any atom is -0.494 e. The van der Waals surface area contributed by atoms with Crippen molar-refractivity contribution < 1.29 is 24.2 Å².